The number of thioether (sulfide) groups is 1. The van der Waals surface area contributed by atoms with E-state index in [9.17, 15) is 5.11 Å². The topological polar surface area (TPSA) is 58.0 Å². The molecule has 0 spiro atoms. The van der Waals surface area contributed by atoms with Gasteiger partial charge in [0.05, 0.1) is 5.60 Å². The van der Waals surface area contributed by atoms with Gasteiger partial charge in [0.1, 0.15) is 10.8 Å². The molecule has 0 saturated heterocycles. The molecule has 5 heteroatoms. The van der Waals surface area contributed by atoms with Crippen LogP contribution in [0.15, 0.2) is 17.2 Å². The Bertz CT molecular complexity index is 324. The third-order valence-corrected chi connectivity index (χ3v) is 3.37. The van der Waals surface area contributed by atoms with Crippen molar-refractivity contribution >= 4 is 17.6 Å². The van der Waals surface area contributed by atoms with Gasteiger partial charge < -0.3 is 10.4 Å². The van der Waals surface area contributed by atoms with Crippen LogP contribution in [0, 0.1) is 0 Å². The van der Waals surface area contributed by atoms with E-state index in [1.165, 1.54) is 0 Å². The molecule has 1 aliphatic rings. The van der Waals surface area contributed by atoms with Crippen molar-refractivity contribution in [2.45, 2.75) is 29.9 Å². The molecule has 1 aliphatic carbocycles. The van der Waals surface area contributed by atoms with E-state index >= 15 is 0 Å². The first kappa shape index (κ1) is 10.7. The zero-order chi connectivity index (χ0) is 10.7. The van der Waals surface area contributed by atoms with E-state index < -0.39 is 5.60 Å². The monoisotopic (exact) mass is 225 g/mol. The highest BCUT2D eigenvalue weighted by Crippen LogP contribution is 2.31. The maximum absolute atomic E-state index is 9.86. The van der Waals surface area contributed by atoms with Crippen LogP contribution in [0.5, 0.6) is 0 Å². The van der Waals surface area contributed by atoms with Crippen LogP contribution in [0.2, 0.25) is 0 Å². The van der Waals surface area contributed by atoms with Crippen molar-refractivity contribution in [3.63, 3.8) is 0 Å². The normalized spacial score (nSPS) is 18.3. The van der Waals surface area contributed by atoms with Crippen molar-refractivity contribution in [2.75, 3.05) is 18.1 Å². The number of hydrogen-bond acceptors (Lipinski definition) is 5. The van der Waals surface area contributed by atoms with Gasteiger partial charge in [0.2, 0.25) is 0 Å². The Balaban J connectivity index is 1.87. The van der Waals surface area contributed by atoms with Crippen LogP contribution < -0.4 is 5.32 Å². The lowest BCUT2D eigenvalue weighted by Gasteiger charge is -2.36. The molecule has 0 radical (unpaired) electrons. The van der Waals surface area contributed by atoms with Gasteiger partial charge in [0.25, 0.3) is 0 Å². The molecule has 1 aromatic rings. The van der Waals surface area contributed by atoms with Crippen molar-refractivity contribution in [1.29, 1.82) is 0 Å². The van der Waals surface area contributed by atoms with Crippen LogP contribution in [-0.4, -0.2) is 33.7 Å². The quantitative estimate of drug-likeness (QED) is 0.761. The molecule has 1 saturated carbocycles. The molecule has 1 aromatic heterocycles. The Morgan fingerprint density at radius 3 is 2.73 bits per heavy atom. The molecular formula is C10H15N3OS. The lowest BCUT2D eigenvalue weighted by molar-refractivity contribution is -0.0202. The fourth-order valence-corrected chi connectivity index (χ4v) is 1.87. The van der Waals surface area contributed by atoms with Gasteiger partial charge in [-0.1, -0.05) is 0 Å². The van der Waals surface area contributed by atoms with Gasteiger partial charge in [-0.25, -0.2) is 0 Å². The standard InChI is InChI=1S/C10H15N3OS/c1-15-9-4-3-8(12-13-9)11-7-10(14)5-2-6-10/h3-4,14H,2,5-7H2,1H3,(H,11,12). The summed E-state index contributed by atoms with van der Waals surface area (Å²) < 4.78 is 0. The Labute approximate surface area is 93.5 Å². The Morgan fingerprint density at radius 1 is 1.47 bits per heavy atom. The minimum absolute atomic E-state index is 0.514. The molecule has 0 unspecified atom stereocenters. The van der Waals surface area contributed by atoms with Gasteiger partial charge in [0.15, 0.2) is 0 Å². The van der Waals surface area contributed by atoms with E-state index in [2.05, 4.69) is 15.5 Å². The van der Waals surface area contributed by atoms with Crippen LogP contribution in [0.4, 0.5) is 5.82 Å². The molecule has 0 bridgehead atoms. The molecule has 4 nitrogen and oxygen atoms in total. The largest absolute Gasteiger partial charge is 0.388 e. The maximum atomic E-state index is 9.86. The van der Waals surface area contributed by atoms with E-state index in [1.54, 1.807) is 11.8 Å². The molecule has 2 N–H and O–H groups in total. The third kappa shape index (κ3) is 2.60. The summed E-state index contributed by atoms with van der Waals surface area (Å²) >= 11 is 1.57. The minimum atomic E-state index is -0.514. The molecule has 82 valence electrons. The second kappa shape index (κ2) is 4.37. The zero-order valence-electron chi connectivity index (χ0n) is 8.73. The second-order valence-electron chi connectivity index (χ2n) is 3.89. The molecule has 0 aromatic carbocycles. The van der Waals surface area contributed by atoms with Gasteiger partial charge in [0, 0.05) is 6.54 Å². The summed E-state index contributed by atoms with van der Waals surface area (Å²) in [5, 5.41) is 21.9. The SMILES string of the molecule is CSc1ccc(NCC2(O)CCC2)nn1. The molecule has 0 atom stereocenters. The van der Waals surface area contributed by atoms with Crippen LogP contribution in [0.3, 0.4) is 0 Å². The lowest BCUT2D eigenvalue weighted by Crippen LogP contribution is -2.43. The average molecular weight is 225 g/mol. The first-order valence-electron chi connectivity index (χ1n) is 5.06. The molecule has 0 aliphatic heterocycles. The van der Waals surface area contributed by atoms with Crippen molar-refractivity contribution in [2.24, 2.45) is 0 Å². The molecule has 0 amide bonds. The maximum Gasteiger partial charge on any atom is 0.148 e. The average Bonchev–Trinajstić information content (AvgIpc) is 2.24. The van der Waals surface area contributed by atoms with Crippen LogP contribution in [0.1, 0.15) is 19.3 Å². The number of aliphatic hydroxyl groups is 1. The number of hydrogen-bond donors (Lipinski definition) is 2. The van der Waals surface area contributed by atoms with Crippen molar-refractivity contribution < 1.29 is 5.11 Å². The van der Waals surface area contributed by atoms with E-state index in [-0.39, 0.29) is 0 Å². The first-order chi connectivity index (χ1) is 7.22. The van der Waals surface area contributed by atoms with Crippen LogP contribution >= 0.6 is 11.8 Å². The van der Waals surface area contributed by atoms with E-state index in [1.807, 2.05) is 18.4 Å². The summed E-state index contributed by atoms with van der Waals surface area (Å²) in [5.74, 6) is 0.730. The fraction of sp³-hybridized carbons (Fsp3) is 0.600. The first-order valence-corrected chi connectivity index (χ1v) is 6.28. The van der Waals surface area contributed by atoms with E-state index in [0.717, 1.165) is 30.1 Å². The van der Waals surface area contributed by atoms with Crippen molar-refractivity contribution in [3.8, 4) is 0 Å². The highest BCUT2D eigenvalue weighted by Gasteiger charge is 2.33. The van der Waals surface area contributed by atoms with Crippen LogP contribution in [-0.2, 0) is 0 Å². The Kier molecular flexibility index (Phi) is 3.11. The third-order valence-electron chi connectivity index (χ3n) is 2.73. The van der Waals surface area contributed by atoms with E-state index in [4.69, 9.17) is 0 Å². The second-order valence-corrected chi connectivity index (χ2v) is 4.72. The van der Waals surface area contributed by atoms with Gasteiger partial charge >= 0.3 is 0 Å². The Morgan fingerprint density at radius 2 is 2.27 bits per heavy atom. The zero-order valence-corrected chi connectivity index (χ0v) is 9.55. The Hall–Kier alpha value is -0.810. The summed E-state index contributed by atoms with van der Waals surface area (Å²) in [6, 6.07) is 3.81. The molecule has 15 heavy (non-hydrogen) atoms. The number of anilines is 1. The van der Waals surface area contributed by atoms with Crippen molar-refractivity contribution in [3.05, 3.63) is 12.1 Å². The summed E-state index contributed by atoms with van der Waals surface area (Å²) in [4.78, 5) is 0. The highest BCUT2D eigenvalue weighted by molar-refractivity contribution is 7.98. The number of nitrogens with one attached hydrogen (secondary N) is 1. The smallest absolute Gasteiger partial charge is 0.148 e. The van der Waals surface area contributed by atoms with E-state index in [0.29, 0.717) is 6.54 Å². The summed E-state index contributed by atoms with van der Waals surface area (Å²) in [5.41, 5.74) is -0.514. The number of aromatic nitrogens is 2. The predicted molar refractivity (Wildman–Crippen MR) is 61.1 cm³/mol. The predicted octanol–water partition coefficient (Wildman–Crippen LogP) is 1.53. The van der Waals surface area contributed by atoms with Gasteiger partial charge in [-0.3, -0.25) is 0 Å². The molecule has 1 heterocycles. The number of rotatable bonds is 4. The molecule has 1 fully saturated rings. The van der Waals surface area contributed by atoms with Gasteiger partial charge in [-0.15, -0.1) is 22.0 Å². The fourth-order valence-electron chi connectivity index (χ4n) is 1.54. The summed E-state index contributed by atoms with van der Waals surface area (Å²) in [6.07, 6.45) is 4.86. The lowest BCUT2D eigenvalue weighted by atomic mass is 9.80. The van der Waals surface area contributed by atoms with Gasteiger partial charge in [-0.05, 0) is 37.7 Å². The minimum Gasteiger partial charge on any atom is -0.388 e. The molecule has 2 rings (SSSR count). The van der Waals surface area contributed by atoms with Crippen molar-refractivity contribution in [1.82, 2.24) is 10.2 Å². The number of nitrogens with zero attached hydrogens (tertiary/aromatic N) is 2. The van der Waals surface area contributed by atoms with Gasteiger partial charge in [-0.2, -0.15) is 0 Å². The summed E-state index contributed by atoms with van der Waals surface area (Å²) in [6.45, 7) is 0.570. The molecular weight excluding hydrogens is 210 g/mol. The highest BCUT2D eigenvalue weighted by atomic mass is 32.2. The summed E-state index contributed by atoms with van der Waals surface area (Å²) in [7, 11) is 0. The van der Waals surface area contributed by atoms with Crippen LogP contribution in [0.25, 0.3) is 0 Å².